The highest BCUT2D eigenvalue weighted by Gasteiger charge is 2.21. The van der Waals surface area contributed by atoms with E-state index in [1.165, 1.54) is 37.2 Å². The van der Waals surface area contributed by atoms with Crippen LogP contribution in [0.25, 0.3) is 11.4 Å². The summed E-state index contributed by atoms with van der Waals surface area (Å²) in [5, 5.41) is 12.6. The van der Waals surface area contributed by atoms with Gasteiger partial charge < -0.3 is 9.88 Å². The Morgan fingerprint density at radius 3 is 2.79 bits per heavy atom. The van der Waals surface area contributed by atoms with Crippen molar-refractivity contribution in [2.75, 3.05) is 5.32 Å². The fourth-order valence-corrected chi connectivity index (χ4v) is 3.82. The van der Waals surface area contributed by atoms with Gasteiger partial charge in [-0.3, -0.25) is 0 Å². The van der Waals surface area contributed by atoms with Gasteiger partial charge in [0.1, 0.15) is 11.6 Å². The number of aryl methyl sites for hydroxylation is 1. The first-order valence-corrected chi connectivity index (χ1v) is 9.05. The molecule has 2 heterocycles. The van der Waals surface area contributed by atoms with Crippen molar-refractivity contribution in [3.05, 3.63) is 35.9 Å². The van der Waals surface area contributed by atoms with E-state index in [-0.39, 0.29) is 0 Å². The molecule has 3 aromatic rings. The average molecular weight is 340 g/mol. The number of hydrogen-bond donors (Lipinski definition) is 1. The van der Waals surface area contributed by atoms with Gasteiger partial charge in [-0.15, -0.1) is 10.2 Å². The van der Waals surface area contributed by atoms with Crippen LogP contribution < -0.4 is 5.32 Å². The Bertz CT molecular complexity index is 846. The third-order valence-electron chi connectivity index (χ3n) is 4.63. The van der Waals surface area contributed by atoms with Gasteiger partial charge in [-0.2, -0.15) is 4.37 Å². The second-order valence-corrected chi connectivity index (χ2v) is 7.03. The number of aromatic nitrogens is 5. The Morgan fingerprint density at radius 2 is 2.04 bits per heavy atom. The molecule has 6 nitrogen and oxygen atoms in total. The molecular formula is C17H20N6S. The molecule has 0 aliphatic heterocycles. The van der Waals surface area contributed by atoms with E-state index in [0.29, 0.717) is 5.92 Å². The van der Waals surface area contributed by atoms with Gasteiger partial charge in [-0.05, 0) is 31.9 Å². The van der Waals surface area contributed by atoms with Gasteiger partial charge in [0.2, 0.25) is 5.13 Å². The molecule has 0 bridgehead atoms. The molecule has 2 aromatic heterocycles. The molecule has 0 saturated heterocycles. The van der Waals surface area contributed by atoms with Gasteiger partial charge in [0.15, 0.2) is 5.82 Å². The molecule has 0 amide bonds. The Kier molecular flexibility index (Phi) is 4.02. The molecule has 1 aliphatic carbocycles. The van der Waals surface area contributed by atoms with Crippen molar-refractivity contribution in [3.63, 3.8) is 0 Å². The summed E-state index contributed by atoms with van der Waals surface area (Å²) >= 11 is 1.43. The lowest BCUT2D eigenvalue weighted by Gasteiger charge is -2.06. The van der Waals surface area contributed by atoms with Crippen molar-refractivity contribution in [3.8, 4) is 11.4 Å². The van der Waals surface area contributed by atoms with Crippen LogP contribution in [0.3, 0.4) is 0 Å². The lowest BCUT2D eigenvalue weighted by atomic mass is 10.1. The van der Waals surface area contributed by atoms with Crippen LogP contribution >= 0.6 is 11.5 Å². The third-order valence-corrected chi connectivity index (χ3v) is 5.27. The Labute approximate surface area is 145 Å². The number of rotatable bonds is 4. The van der Waals surface area contributed by atoms with Crippen molar-refractivity contribution in [2.24, 2.45) is 7.05 Å². The summed E-state index contributed by atoms with van der Waals surface area (Å²) in [6, 6.07) is 8.16. The lowest BCUT2D eigenvalue weighted by molar-refractivity contribution is 0.682. The molecule has 4 rings (SSSR count). The van der Waals surface area contributed by atoms with E-state index in [0.717, 1.165) is 33.9 Å². The van der Waals surface area contributed by atoms with Gasteiger partial charge in [0, 0.05) is 35.7 Å². The molecule has 24 heavy (non-hydrogen) atoms. The first-order chi connectivity index (χ1) is 11.7. The monoisotopic (exact) mass is 340 g/mol. The average Bonchev–Trinajstić information content (AvgIpc) is 3.31. The summed E-state index contributed by atoms with van der Waals surface area (Å²) in [6.45, 7) is 1.95. The van der Waals surface area contributed by atoms with Crippen LogP contribution in [0.2, 0.25) is 0 Å². The number of anilines is 2. The van der Waals surface area contributed by atoms with Crippen LogP contribution in [0.5, 0.6) is 0 Å². The molecule has 124 valence electrons. The number of hydrogen-bond acceptors (Lipinski definition) is 6. The summed E-state index contributed by atoms with van der Waals surface area (Å²) in [5.41, 5.74) is 2.02. The molecule has 7 heteroatoms. The summed E-state index contributed by atoms with van der Waals surface area (Å²) in [7, 11) is 1.98. The van der Waals surface area contributed by atoms with Gasteiger partial charge in [0.05, 0.1) is 0 Å². The molecule has 0 spiro atoms. The predicted octanol–water partition coefficient (Wildman–Crippen LogP) is 4.04. The second-order valence-electron chi connectivity index (χ2n) is 6.27. The zero-order valence-electron chi connectivity index (χ0n) is 13.9. The predicted molar refractivity (Wildman–Crippen MR) is 95.6 cm³/mol. The fourth-order valence-electron chi connectivity index (χ4n) is 3.15. The van der Waals surface area contributed by atoms with E-state index < -0.39 is 0 Å². The maximum Gasteiger partial charge on any atom is 0.207 e. The van der Waals surface area contributed by atoms with Crippen LogP contribution in [-0.4, -0.2) is 24.1 Å². The number of nitrogens with zero attached hydrogens (tertiary/aromatic N) is 5. The topological polar surface area (TPSA) is 68.5 Å². The van der Waals surface area contributed by atoms with E-state index in [1.54, 1.807) is 0 Å². The zero-order valence-corrected chi connectivity index (χ0v) is 14.7. The Morgan fingerprint density at radius 1 is 1.21 bits per heavy atom. The molecule has 1 saturated carbocycles. The molecule has 0 radical (unpaired) electrons. The highest BCUT2D eigenvalue weighted by molar-refractivity contribution is 7.09. The molecule has 1 N–H and O–H groups in total. The third kappa shape index (κ3) is 2.91. The van der Waals surface area contributed by atoms with E-state index in [1.807, 2.05) is 36.7 Å². The highest BCUT2D eigenvalue weighted by Crippen LogP contribution is 2.34. The summed E-state index contributed by atoms with van der Waals surface area (Å²) < 4.78 is 6.52. The van der Waals surface area contributed by atoms with Crippen LogP contribution in [-0.2, 0) is 7.05 Å². The minimum absolute atomic E-state index is 0.546. The molecule has 1 fully saturated rings. The minimum Gasteiger partial charge on any atom is -0.330 e. The molecule has 1 aliphatic rings. The van der Waals surface area contributed by atoms with Crippen molar-refractivity contribution in [1.29, 1.82) is 0 Å². The summed E-state index contributed by atoms with van der Waals surface area (Å²) in [6.07, 6.45) is 5.03. The number of benzene rings is 1. The summed E-state index contributed by atoms with van der Waals surface area (Å²) in [4.78, 5) is 4.67. The van der Waals surface area contributed by atoms with Crippen LogP contribution in [0.1, 0.15) is 43.3 Å². The number of nitrogens with one attached hydrogen (secondary N) is 1. The van der Waals surface area contributed by atoms with E-state index in [9.17, 15) is 0 Å². The Hall–Kier alpha value is -2.28. The largest absolute Gasteiger partial charge is 0.330 e. The SMILES string of the molecule is Cc1nnc(-c2cccc(Nc3nc(C4CCCC4)ns3)c2)n1C. The first kappa shape index (κ1) is 15.3. The standard InChI is InChI=1S/C17H20N6S/c1-11-20-21-16(23(11)2)13-8-5-9-14(10-13)18-17-19-15(22-24-17)12-6-3-4-7-12/h5,8-10,12H,3-4,6-7H2,1-2H3,(H,18,19,22). The van der Waals surface area contributed by atoms with Gasteiger partial charge in [-0.1, -0.05) is 25.0 Å². The maximum atomic E-state index is 4.67. The fraction of sp³-hybridized carbons (Fsp3) is 0.412. The highest BCUT2D eigenvalue weighted by atomic mass is 32.1. The second kappa shape index (κ2) is 6.32. The zero-order chi connectivity index (χ0) is 16.5. The van der Waals surface area contributed by atoms with Crippen molar-refractivity contribution >= 4 is 22.4 Å². The van der Waals surface area contributed by atoms with Crippen molar-refractivity contribution in [1.82, 2.24) is 24.1 Å². The molecule has 0 unspecified atom stereocenters. The van der Waals surface area contributed by atoms with Gasteiger partial charge >= 0.3 is 0 Å². The van der Waals surface area contributed by atoms with Crippen molar-refractivity contribution < 1.29 is 0 Å². The quantitative estimate of drug-likeness (QED) is 0.776. The molecule has 1 aromatic carbocycles. The van der Waals surface area contributed by atoms with E-state index in [2.05, 4.69) is 30.9 Å². The molecular weight excluding hydrogens is 320 g/mol. The van der Waals surface area contributed by atoms with E-state index >= 15 is 0 Å². The van der Waals surface area contributed by atoms with Crippen LogP contribution in [0, 0.1) is 6.92 Å². The lowest BCUT2D eigenvalue weighted by Crippen LogP contribution is -1.97. The van der Waals surface area contributed by atoms with E-state index in [4.69, 9.17) is 0 Å². The van der Waals surface area contributed by atoms with Gasteiger partial charge in [-0.25, -0.2) is 4.98 Å². The normalized spacial score (nSPS) is 15.1. The Balaban J connectivity index is 1.55. The van der Waals surface area contributed by atoms with Gasteiger partial charge in [0.25, 0.3) is 0 Å². The molecule has 0 atom stereocenters. The van der Waals surface area contributed by atoms with Crippen LogP contribution in [0.4, 0.5) is 10.8 Å². The van der Waals surface area contributed by atoms with Crippen molar-refractivity contribution in [2.45, 2.75) is 38.5 Å². The maximum absolute atomic E-state index is 4.67. The smallest absolute Gasteiger partial charge is 0.207 e. The minimum atomic E-state index is 0.546. The first-order valence-electron chi connectivity index (χ1n) is 8.28. The van der Waals surface area contributed by atoms with Crippen LogP contribution in [0.15, 0.2) is 24.3 Å². The summed E-state index contributed by atoms with van der Waals surface area (Å²) in [5.74, 6) is 3.30.